The number of fused-ring (bicyclic) bond motifs is 1. The highest BCUT2D eigenvalue weighted by Crippen LogP contribution is 2.31. The third-order valence-corrected chi connectivity index (χ3v) is 4.00. The van der Waals surface area contributed by atoms with E-state index < -0.39 is 5.82 Å². The van der Waals surface area contributed by atoms with Gasteiger partial charge in [-0.2, -0.15) is 0 Å². The van der Waals surface area contributed by atoms with E-state index in [0.29, 0.717) is 6.54 Å². The summed E-state index contributed by atoms with van der Waals surface area (Å²) in [6.07, 6.45) is 1.97. The maximum Gasteiger partial charge on any atom is 0.230 e. The first-order valence-corrected chi connectivity index (χ1v) is 7.72. The molecule has 2 aromatic rings. The Morgan fingerprint density at radius 1 is 1.21 bits per heavy atom. The first-order chi connectivity index (χ1) is 11.2. The van der Waals surface area contributed by atoms with Crippen LogP contribution in [0, 0.1) is 5.82 Å². The summed E-state index contributed by atoms with van der Waals surface area (Å²) < 4.78 is 18.8. The van der Waals surface area contributed by atoms with Crippen LogP contribution in [0.4, 0.5) is 15.8 Å². The summed E-state index contributed by atoms with van der Waals surface area (Å²) in [5.74, 6) is -0.285. The number of anilines is 2. The lowest BCUT2D eigenvalue weighted by Gasteiger charge is -2.30. The molecule has 0 radical (unpaired) electrons. The maximum atomic E-state index is 13.5. The number of amides is 1. The van der Waals surface area contributed by atoms with E-state index in [0.717, 1.165) is 29.8 Å². The molecule has 6 heteroatoms. The number of nitrogens with two attached hydrogens (primary N) is 1. The molecule has 0 spiro atoms. The number of benzene rings is 2. The highest BCUT2D eigenvalue weighted by Gasteiger charge is 2.23. The molecule has 0 bridgehead atoms. The fourth-order valence-corrected chi connectivity index (χ4v) is 2.86. The standard InChI is InChI=1S/C18H19FN2O2.ClH/c19-14-6-1-2-9-17(14)23-12-10-18(22)21-11-4-5-13-15(20)7-3-8-16(13)21;/h1-3,6-9H,4-5,10-12,20H2;1H. The summed E-state index contributed by atoms with van der Waals surface area (Å²) in [6, 6.07) is 11.8. The van der Waals surface area contributed by atoms with Gasteiger partial charge < -0.3 is 15.4 Å². The van der Waals surface area contributed by atoms with E-state index in [1.807, 2.05) is 18.2 Å². The number of hydrogen-bond acceptors (Lipinski definition) is 3. The number of carbonyl (C=O) groups is 1. The van der Waals surface area contributed by atoms with E-state index in [-0.39, 0.29) is 37.1 Å². The van der Waals surface area contributed by atoms with Crippen molar-refractivity contribution in [1.29, 1.82) is 0 Å². The van der Waals surface area contributed by atoms with Gasteiger partial charge in [-0.25, -0.2) is 4.39 Å². The number of rotatable bonds is 4. The number of halogens is 2. The van der Waals surface area contributed by atoms with E-state index in [2.05, 4.69) is 0 Å². The summed E-state index contributed by atoms with van der Waals surface area (Å²) in [7, 11) is 0. The molecule has 0 unspecified atom stereocenters. The van der Waals surface area contributed by atoms with Gasteiger partial charge in [-0.1, -0.05) is 18.2 Å². The molecule has 0 fully saturated rings. The Labute approximate surface area is 146 Å². The number of ether oxygens (including phenoxy) is 1. The van der Waals surface area contributed by atoms with Crippen molar-refractivity contribution in [3.63, 3.8) is 0 Å². The molecule has 2 N–H and O–H groups in total. The number of hydrogen-bond donors (Lipinski definition) is 1. The molecule has 1 amide bonds. The highest BCUT2D eigenvalue weighted by molar-refractivity contribution is 5.95. The molecular formula is C18H20ClFN2O2. The van der Waals surface area contributed by atoms with Crippen LogP contribution in [0.3, 0.4) is 0 Å². The fourth-order valence-electron chi connectivity index (χ4n) is 2.86. The highest BCUT2D eigenvalue weighted by atomic mass is 35.5. The molecule has 24 heavy (non-hydrogen) atoms. The zero-order valence-electron chi connectivity index (χ0n) is 13.2. The van der Waals surface area contributed by atoms with Crippen molar-refractivity contribution in [2.24, 2.45) is 0 Å². The third kappa shape index (κ3) is 3.79. The zero-order chi connectivity index (χ0) is 16.2. The molecule has 0 atom stereocenters. The lowest BCUT2D eigenvalue weighted by atomic mass is 9.99. The lowest BCUT2D eigenvalue weighted by Crippen LogP contribution is -2.36. The number of para-hydroxylation sites is 1. The van der Waals surface area contributed by atoms with E-state index in [1.165, 1.54) is 6.07 Å². The molecular weight excluding hydrogens is 331 g/mol. The van der Waals surface area contributed by atoms with Crippen LogP contribution in [0.5, 0.6) is 5.75 Å². The molecule has 3 rings (SSSR count). The summed E-state index contributed by atoms with van der Waals surface area (Å²) in [5, 5.41) is 0. The van der Waals surface area contributed by atoms with Crippen LogP contribution in [0.15, 0.2) is 42.5 Å². The Morgan fingerprint density at radius 3 is 2.79 bits per heavy atom. The van der Waals surface area contributed by atoms with Crippen molar-refractivity contribution in [3.05, 3.63) is 53.8 Å². The quantitative estimate of drug-likeness (QED) is 0.857. The summed E-state index contributed by atoms with van der Waals surface area (Å²) in [5.41, 5.74) is 8.63. The average molecular weight is 351 g/mol. The number of nitrogens with zero attached hydrogens (tertiary/aromatic N) is 1. The lowest BCUT2D eigenvalue weighted by molar-refractivity contribution is -0.119. The van der Waals surface area contributed by atoms with Crippen molar-refractivity contribution in [2.75, 3.05) is 23.8 Å². The molecule has 1 aliphatic heterocycles. The van der Waals surface area contributed by atoms with E-state index in [4.69, 9.17) is 10.5 Å². The van der Waals surface area contributed by atoms with Gasteiger partial charge in [0, 0.05) is 17.9 Å². The largest absolute Gasteiger partial charge is 0.490 e. The summed E-state index contributed by atoms with van der Waals surface area (Å²) >= 11 is 0. The molecule has 0 aliphatic carbocycles. The van der Waals surface area contributed by atoms with Crippen molar-refractivity contribution in [3.8, 4) is 5.75 Å². The van der Waals surface area contributed by atoms with Crippen LogP contribution in [-0.4, -0.2) is 19.1 Å². The minimum atomic E-state index is -0.420. The molecule has 0 saturated heterocycles. The Kier molecular flexibility index (Phi) is 6.04. The molecule has 0 saturated carbocycles. The predicted molar refractivity (Wildman–Crippen MR) is 95.3 cm³/mol. The monoisotopic (exact) mass is 350 g/mol. The van der Waals surface area contributed by atoms with Gasteiger partial charge in [-0.05, 0) is 42.7 Å². The average Bonchev–Trinajstić information content (AvgIpc) is 2.56. The van der Waals surface area contributed by atoms with Crippen LogP contribution in [0.1, 0.15) is 18.4 Å². The third-order valence-electron chi connectivity index (χ3n) is 4.00. The van der Waals surface area contributed by atoms with Crippen LogP contribution in [0.25, 0.3) is 0 Å². The second kappa shape index (κ2) is 8.02. The first kappa shape index (κ1) is 18.1. The van der Waals surface area contributed by atoms with E-state index in [9.17, 15) is 9.18 Å². The van der Waals surface area contributed by atoms with Crippen LogP contribution in [-0.2, 0) is 11.2 Å². The van der Waals surface area contributed by atoms with Gasteiger partial charge >= 0.3 is 0 Å². The minimum Gasteiger partial charge on any atom is -0.490 e. The second-order valence-electron chi connectivity index (χ2n) is 5.52. The zero-order valence-corrected chi connectivity index (χ0v) is 14.0. The van der Waals surface area contributed by atoms with Crippen molar-refractivity contribution in [2.45, 2.75) is 19.3 Å². The molecule has 2 aromatic carbocycles. The Balaban J connectivity index is 0.00000208. The second-order valence-corrected chi connectivity index (χ2v) is 5.52. The van der Waals surface area contributed by atoms with E-state index in [1.54, 1.807) is 23.1 Å². The Hall–Kier alpha value is -2.27. The van der Waals surface area contributed by atoms with Crippen molar-refractivity contribution in [1.82, 2.24) is 0 Å². The topological polar surface area (TPSA) is 55.6 Å². The number of carbonyl (C=O) groups excluding carboxylic acids is 1. The normalized spacial score (nSPS) is 13.0. The molecule has 1 heterocycles. The first-order valence-electron chi connectivity index (χ1n) is 7.72. The van der Waals surface area contributed by atoms with Crippen LogP contribution in [0.2, 0.25) is 0 Å². The van der Waals surface area contributed by atoms with Gasteiger partial charge in [-0.15, -0.1) is 12.4 Å². The van der Waals surface area contributed by atoms with Gasteiger partial charge in [0.1, 0.15) is 0 Å². The molecule has 0 aromatic heterocycles. The van der Waals surface area contributed by atoms with Gasteiger partial charge in [0.25, 0.3) is 0 Å². The van der Waals surface area contributed by atoms with Crippen molar-refractivity contribution >= 4 is 29.7 Å². The predicted octanol–water partition coefficient (Wildman–Crippen LogP) is 3.58. The van der Waals surface area contributed by atoms with Gasteiger partial charge in [-0.3, -0.25) is 4.79 Å². The molecule has 128 valence electrons. The minimum absolute atomic E-state index is 0. The Bertz CT molecular complexity index is 724. The molecule has 4 nitrogen and oxygen atoms in total. The summed E-state index contributed by atoms with van der Waals surface area (Å²) in [6.45, 7) is 0.822. The SMILES string of the molecule is Cl.Nc1cccc2c1CCCN2C(=O)CCOc1ccccc1F. The smallest absolute Gasteiger partial charge is 0.230 e. The van der Waals surface area contributed by atoms with Gasteiger partial charge in [0.05, 0.1) is 13.0 Å². The fraction of sp³-hybridized carbons (Fsp3) is 0.278. The maximum absolute atomic E-state index is 13.5. The van der Waals surface area contributed by atoms with Crippen LogP contribution >= 0.6 is 12.4 Å². The van der Waals surface area contributed by atoms with Crippen LogP contribution < -0.4 is 15.4 Å². The van der Waals surface area contributed by atoms with Gasteiger partial charge in [0.15, 0.2) is 11.6 Å². The molecule has 1 aliphatic rings. The number of nitrogen functional groups attached to an aromatic ring is 1. The van der Waals surface area contributed by atoms with Gasteiger partial charge in [0.2, 0.25) is 5.91 Å². The van der Waals surface area contributed by atoms with Crippen molar-refractivity contribution < 1.29 is 13.9 Å². The Morgan fingerprint density at radius 2 is 2.00 bits per heavy atom. The van der Waals surface area contributed by atoms with E-state index >= 15 is 0 Å². The summed E-state index contributed by atoms with van der Waals surface area (Å²) in [4.78, 5) is 14.2.